The van der Waals surface area contributed by atoms with Crippen LogP contribution in [0.1, 0.15) is 13.3 Å². The van der Waals surface area contributed by atoms with Crippen molar-refractivity contribution >= 4 is 17.9 Å². The van der Waals surface area contributed by atoms with Crippen LogP contribution in [0.15, 0.2) is 22.2 Å². The maximum Gasteiger partial charge on any atom is 0.313 e. The van der Waals surface area contributed by atoms with Gasteiger partial charge in [0, 0.05) is 25.0 Å². The molecule has 0 heterocycles. The minimum absolute atomic E-state index is 0.0379. The zero-order valence-corrected chi connectivity index (χ0v) is 23.3. The van der Waals surface area contributed by atoms with Crippen LogP contribution in [0.2, 0.25) is 0 Å². The van der Waals surface area contributed by atoms with Gasteiger partial charge >= 0.3 is 5.97 Å². The molecule has 0 aliphatic heterocycles. The molecule has 0 fully saturated rings. The van der Waals surface area contributed by atoms with E-state index < -0.39 is 29.2 Å². The Bertz CT molecular complexity index is 872. The molecular formula is C26H40F3N3O9. The summed E-state index contributed by atoms with van der Waals surface area (Å²) >= 11 is 0. The number of hydrogen-bond donors (Lipinski definition) is 1. The number of hydrazone groups is 1. The third-order valence-electron chi connectivity index (χ3n) is 4.71. The van der Waals surface area contributed by atoms with E-state index in [-0.39, 0.29) is 32.8 Å². The number of hydrogen-bond acceptors (Lipinski definition) is 12. The van der Waals surface area contributed by atoms with E-state index in [1.54, 1.807) is 6.21 Å². The number of aliphatic imine (C=N–C) groups is 1. The van der Waals surface area contributed by atoms with Gasteiger partial charge in [-0.3, -0.25) is 9.79 Å². The lowest BCUT2D eigenvalue weighted by atomic mass is 10.3. The molecule has 234 valence electrons. The van der Waals surface area contributed by atoms with E-state index in [0.717, 1.165) is 0 Å². The van der Waals surface area contributed by atoms with Crippen molar-refractivity contribution in [3.8, 4) is 5.75 Å². The van der Waals surface area contributed by atoms with E-state index in [2.05, 4.69) is 14.8 Å². The zero-order chi connectivity index (χ0) is 30.0. The first kappa shape index (κ1) is 36.4. The Labute approximate surface area is 237 Å². The first-order valence-corrected chi connectivity index (χ1v) is 13.1. The molecule has 0 bridgehead atoms. The molecule has 0 saturated heterocycles. The fourth-order valence-electron chi connectivity index (χ4n) is 2.76. The number of benzene rings is 1. The van der Waals surface area contributed by atoms with Crippen LogP contribution >= 0.6 is 0 Å². The Morgan fingerprint density at radius 2 is 1.24 bits per heavy atom. The number of esters is 1. The number of ether oxygens (including phenoxy) is 8. The van der Waals surface area contributed by atoms with E-state index in [4.69, 9.17) is 39.0 Å². The molecule has 0 aromatic heterocycles. The third-order valence-corrected chi connectivity index (χ3v) is 4.71. The lowest BCUT2D eigenvalue weighted by Gasteiger charge is -2.08. The maximum atomic E-state index is 13.5. The average molecular weight is 596 g/mol. The lowest BCUT2D eigenvalue weighted by molar-refractivity contribution is -0.136. The minimum atomic E-state index is -1.30. The van der Waals surface area contributed by atoms with E-state index in [0.29, 0.717) is 90.5 Å². The van der Waals surface area contributed by atoms with Crippen molar-refractivity contribution in [2.45, 2.75) is 13.3 Å². The largest absolute Gasteiger partial charge is 0.420 e. The second-order valence-electron chi connectivity index (χ2n) is 7.89. The highest BCUT2D eigenvalue weighted by atomic mass is 19.1. The van der Waals surface area contributed by atoms with Gasteiger partial charge in [-0.1, -0.05) is 0 Å². The first-order valence-electron chi connectivity index (χ1n) is 13.1. The predicted octanol–water partition coefficient (Wildman–Crippen LogP) is 1.92. The van der Waals surface area contributed by atoms with Crippen LogP contribution < -0.4 is 10.6 Å². The molecule has 0 spiro atoms. The number of halogens is 3. The van der Waals surface area contributed by atoms with E-state index in [9.17, 15) is 18.0 Å². The fraction of sp³-hybridized carbons (Fsp3) is 0.654. The molecule has 2 N–H and O–H groups in total. The standard InChI is InChI=1S/C26H40F3N3O9/c1-2-34-7-8-37-15-16-40-20-22(32-30)19-31-4-6-36-10-12-39-14-13-38-11-9-35-5-3-25(33)41-26-23(28)17-21(27)18-24(26)29/h17-19H,2-16,20,30H2,1H3. The molecule has 0 unspecified atom stereocenters. The number of carbonyl (C=O) groups excluding carboxylic acids is 1. The molecule has 0 amide bonds. The topological polar surface area (TPSA) is 142 Å². The normalized spacial score (nSPS) is 12.0. The van der Waals surface area contributed by atoms with Crippen LogP contribution in [0.25, 0.3) is 0 Å². The molecule has 0 aliphatic rings. The van der Waals surface area contributed by atoms with Crippen LogP contribution in [0.4, 0.5) is 13.2 Å². The number of carbonyl (C=O) groups is 1. The summed E-state index contributed by atoms with van der Waals surface area (Å²) in [6.07, 6.45) is 1.30. The quantitative estimate of drug-likeness (QED) is 0.0422. The van der Waals surface area contributed by atoms with Gasteiger partial charge in [0.15, 0.2) is 11.6 Å². The number of nitrogens with zero attached hydrogens (tertiary/aromatic N) is 2. The highest BCUT2D eigenvalue weighted by Crippen LogP contribution is 2.23. The molecule has 0 radical (unpaired) electrons. The molecule has 0 aliphatic carbocycles. The lowest BCUT2D eigenvalue weighted by Crippen LogP contribution is -2.16. The summed E-state index contributed by atoms with van der Waals surface area (Å²) in [4.78, 5) is 15.8. The van der Waals surface area contributed by atoms with Crippen molar-refractivity contribution in [3.63, 3.8) is 0 Å². The zero-order valence-electron chi connectivity index (χ0n) is 23.3. The molecule has 15 heteroatoms. The van der Waals surface area contributed by atoms with Crippen LogP contribution in [0.5, 0.6) is 5.75 Å². The van der Waals surface area contributed by atoms with Gasteiger partial charge in [-0.15, -0.1) is 0 Å². The summed E-state index contributed by atoms with van der Waals surface area (Å²) in [6.45, 7) is 7.49. The monoisotopic (exact) mass is 595 g/mol. The molecule has 12 nitrogen and oxygen atoms in total. The summed E-state index contributed by atoms with van der Waals surface area (Å²) in [6, 6.07) is 0.846. The van der Waals surface area contributed by atoms with Crippen molar-refractivity contribution in [1.82, 2.24) is 0 Å². The molecule has 1 aromatic rings. The SMILES string of the molecule is CCOCCOCCOCC(C=NCCOCCOCCOCCOCCC(=O)Oc1c(F)cc(F)cc1F)=NN. The molecule has 1 aromatic carbocycles. The Kier molecular flexibility index (Phi) is 22.2. The van der Waals surface area contributed by atoms with E-state index in [1.807, 2.05) is 6.92 Å². The van der Waals surface area contributed by atoms with Gasteiger partial charge in [0.2, 0.25) is 5.75 Å². The molecular weight excluding hydrogens is 555 g/mol. The Morgan fingerprint density at radius 3 is 1.78 bits per heavy atom. The highest BCUT2D eigenvalue weighted by Gasteiger charge is 2.16. The summed E-state index contributed by atoms with van der Waals surface area (Å²) < 4.78 is 81.6. The van der Waals surface area contributed by atoms with Crippen LogP contribution in [-0.2, 0) is 38.0 Å². The third kappa shape index (κ3) is 20.0. The summed E-state index contributed by atoms with van der Waals surface area (Å²) in [5.41, 5.74) is 0.505. The molecule has 41 heavy (non-hydrogen) atoms. The smallest absolute Gasteiger partial charge is 0.313 e. The van der Waals surface area contributed by atoms with Crippen molar-refractivity contribution in [2.75, 3.05) is 99.0 Å². The fourth-order valence-corrected chi connectivity index (χ4v) is 2.76. The average Bonchev–Trinajstić information content (AvgIpc) is 2.94. The van der Waals surface area contributed by atoms with Crippen LogP contribution in [0.3, 0.4) is 0 Å². The highest BCUT2D eigenvalue weighted by molar-refractivity contribution is 6.31. The van der Waals surface area contributed by atoms with Gasteiger partial charge in [0.1, 0.15) is 11.5 Å². The van der Waals surface area contributed by atoms with Crippen LogP contribution in [0, 0.1) is 17.5 Å². The van der Waals surface area contributed by atoms with E-state index >= 15 is 0 Å². The molecule has 0 saturated carbocycles. The summed E-state index contributed by atoms with van der Waals surface area (Å²) in [5.74, 6) is -0.238. The Hall–Kier alpha value is -2.66. The minimum Gasteiger partial charge on any atom is -0.420 e. The predicted molar refractivity (Wildman–Crippen MR) is 143 cm³/mol. The Morgan fingerprint density at radius 1 is 0.756 bits per heavy atom. The number of rotatable bonds is 26. The second kappa shape index (κ2) is 25.1. The van der Waals surface area contributed by atoms with Crippen molar-refractivity contribution in [1.29, 1.82) is 0 Å². The molecule has 0 atom stereocenters. The second-order valence-corrected chi connectivity index (χ2v) is 7.89. The van der Waals surface area contributed by atoms with Gasteiger partial charge in [-0.2, -0.15) is 5.10 Å². The summed E-state index contributed by atoms with van der Waals surface area (Å²) in [5, 5.41) is 3.63. The van der Waals surface area contributed by atoms with Crippen molar-refractivity contribution in [3.05, 3.63) is 29.6 Å². The maximum absolute atomic E-state index is 13.5. The summed E-state index contributed by atoms with van der Waals surface area (Å²) in [7, 11) is 0. The van der Waals surface area contributed by atoms with Crippen molar-refractivity contribution in [2.24, 2.45) is 15.9 Å². The van der Waals surface area contributed by atoms with Crippen molar-refractivity contribution < 1.29 is 55.9 Å². The number of nitrogens with two attached hydrogens (primary N) is 1. The van der Waals surface area contributed by atoms with Gasteiger partial charge < -0.3 is 43.7 Å². The van der Waals surface area contributed by atoms with Gasteiger partial charge in [-0.05, 0) is 6.92 Å². The van der Waals surface area contributed by atoms with E-state index in [1.165, 1.54) is 0 Å². The van der Waals surface area contributed by atoms with Crippen LogP contribution in [-0.4, -0.2) is 117 Å². The first-order chi connectivity index (χ1) is 20.0. The van der Waals surface area contributed by atoms with Gasteiger partial charge in [0.05, 0.1) is 98.9 Å². The Balaban J connectivity index is 1.88. The molecule has 1 rings (SSSR count). The van der Waals surface area contributed by atoms with Gasteiger partial charge in [-0.25, -0.2) is 13.2 Å². The van der Waals surface area contributed by atoms with Gasteiger partial charge in [0.25, 0.3) is 0 Å².